The van der Waals surface area contributed by atoms with Gasteiger partial charge in [-0.3, -0.25) is 9.48 Å². The van der Waals surface area contributed by atoms with E-state index in [-0.39, 0.29) is 12.0 Å². The molecular weight excluding hydrogens is 350 g/mol. The van der Waals surface area contributed by atoms with Crippen molar-refractivity contribution in [1.82, 2.24) is 14.7 Å². The lowest BCUT2D eigenvalue weighted by Gasteiger charge is -2.32. The Morgan fingerprint density at radius 1 is 1.11 bits per heavy atom. The second-order valence-electron chi connectivity index (χ2n) is 7.09. The quantitative estimate of drug-likeness (QED) is 0.681. The van der Waals surface area contributed by atoms with Crippen molar-refractivity contribution in [1.29, 1.82) is 0 Å². The predicted octanol–water partition coefficient (Wildman–Crippen LogP) is 3.85. The van der Waals surface area contributed by atoms with E-state index in [1.807, 2.05) is 64.3 Å². The van der Waals surface area contributed by atoms with Crippen LogP contribution in [-0.2, 0) is 11.3 Å². The van der Waals surface area contributed by atoms with E-state index in [2.05, 4.69) is 19.1 Å². The van der Waals surface area contributed by atoms with E-state index in [0.717, 1.165) is 23.2 Å². The summed E-state index contributed by atoms with van der Waals surface area (Å²) in [6.07, 6.45) is 2.90. The van der Waals surface area contributed by atoms with Crippen molar-refractivity contribution in [3.05, 3.63) is 78.0 Å². The lowest BCUT2D eigenvalue weighted by Crippen LogP contribution is -2.45. The highest BCUT2D eigenvalue weighted by atomic mass is 16.5. The van der Waals surface area contributed by atoms with E-state index in [4.69, 9.17) is 9.84 Å². The third kappa shape index (κ3) is 3.99. The van der Waals surface area contributed by atoms with Gasteiger partial charge in [-0.1, -0.05) is 67.6 Å². The first-order chi connectivity index (χ1) is 13.7. The van der Waals surface area contributed by atoms with Crippen molar-refractivity contribution >= 4 is 5.91 Å². The van der Waals surface area contributed by atoms with Crippen LogP contribution < -0.4 is 0 Å². The molecule has 5 heteroatoms. The third-order valence-corrected chi connectivity index (χ3v) is 5.11. The molecule has 2 heterocycles. The highest BCUT2D eigenvalue weighted by Crippen LogP contribution is 2.24. The summed E-state index contributed by atoms with van der Waals surface area (Å²) in [5.41, 5.74) is 3.50. The Hall–Kier alpha value is -2.92. The first kappa shape index (κ1) is 18.4. The fraction of sp³-hybridized carbons (Fsp3) is 0.304. The van der Waals surface area contributed by atoms with Crippen molar-refractivity contribution in [2.75, 3.05) is 19.7 Å². The van der Waals surface area contributed by atoms with E-state index >= 15 is 0 Å². The van der Waals surface area contributed by atoms with Crippen LogP contribution in [-0.4, -0.2) is 46.4 Å². The van der Waals surface area contributed by atoms with Gasteiger partial charge in [0.15, 0.2) is 0 Å². The SMILES string of the molecule is CC[C@H]1CN(C(=O)c2cn(Cc3ccccc3)nc2-c2ccccc2)CCO1. The molecule has 0 N–H and O–H groups in total. The first-order valence-corrected chi connectivity index (χ1v) is 9.82. The topological polar surface area (TPSA) is 47.4 Å². The summed E-state index contributed by atoms with van der Waals surface area (Å²) in [5, 5.41) is 4.77. The first-order valence-electron chi connectivity index (χ1n) is 9.82. The molecule has 0 bridgehead atoms. The zero-order chi connectivity index (χ0) is 19.3. The molecule has 0 saturated carbocycles. The molecule has 4 rings (SSSR count). The minimum atomic E-state index is 0.0277. The Labute approximate surface area is 165 Å². The number of carbonyl (C=O) groups is 1. The summed E-state index contributed by atoms with van der Waals surface area (Å²) in [6, 6.07) is 20.1. The molecule has 144 valence electrons. The number of ether oxygens (including phenoxy) is 1. The number of hydrogen-bond acceptors (Lipinski definition) is 3. The van der Waals surface area contributed by atoms with Crippen LogP contribution in [0.3, 0.4) is 0 Å². The summed E-state index contributed by atoms with van der Waals surface area (Å²) in [7, 11) is 0. The molecule has 1 aromatic heterocycles. The maximum absolute atomic E-state index is 13.3. The molecule has 5 nitrogen and oxygen atoms in total. The van der Waals surface area contributed by atoms with E-state index in [1.54, 1.807) is 0 Å². The van der Waals surface area contributed by atoms with Crippen molar-refractivity contribution in [3.8, 4) is 11.3 Å². The molecule has 0 spiro atoms. The number of aromatic nitrogens is 2. The van der Waals surface area contributed by atoms with Gasteiger partial charge >= 0.3 is 0 Å². The molecule has 2 aromatic carbocycles. The molecule has 1 saturated heterocycles. The summed E-state index contributed by atoms with van der Waals surface area (Å²) in [4.78, 5) is 15.2. The number of benzene rings is 2. The van der Waals surface area contributed by atoms with Crippen molar-refractivity contribution in [2.45, 2.75) is 26.0 Å². The smallest absolute Gasteiger partial charge is 0.257 e. The van der Waals surface area contributed by atoms with Crippen LogP contribution in [0.2, 0.25) is 0 Å². The fourth-order valence-electron chi connectivity index (χ4n) is 3.56. The predicted molar refractivity (Wildman–Crippen MR) is 109 cm³/mol. The van der Waals surface area contributed by atoms with Crippen molar-refractivity contribution in [3.63, 3.8) is 0 Å². The minimum absolute atomic E-state index is 0.0277. The number of morpholine rings is 1. The minimum Gasteiger partial charge on any atom is -0.375 e. The Bertz CT molecular complexity index is 922. The summed E-state index contributed by atoms with van der Waals surface area (Å²) in [6.45, 7) is 4.56. The maximum Gasteiger partial charge on any atom is 0.257 e. The van der Waals surface area contributed by atoms with E-state index in [0.29, 0.717) is 31.8 Å². The Morgan fingerprint density at radius 3 is 2.54 bits per heavy atom. The molecule has 1 aliphatic heterocycles. The van der Waals surface area contributed by atoms with Gasteiger partial charge in [0.25, 0.3) is 5.91 Å². The number of amides is 1. The summed E-state index contributed by atoms with van der Waals surface area (Å²) in [5.74, 6) is 0.0277. The number of rotatable bonds is 5. The van der Waals surface area contributed by atoms with Gasteiger partial charge in [0.2, 0.25) is 0 Å². The van der Waals surface area contributed by atoms with E-state index in [9.17, 15) is 4.79 Å². The van der Waals surface area contributed by atoms with Crippen LogP contribution >= 0.6 is 0 Å². The molecule has 0 aliphatic carbocycles. The van der Waals surface area contributed by atoms with Crippen LogP contribution in [0.4, 0.5) is 0 Å². The summed E-state index contributed by atoms with van der Waals surface area (Å²) >= 11 is 0. The van der Waals surface area contributed by atoms with Crippen LogP contribution in [0.1, 0.15) is 29.3 Å². The van der Waals surface area contributed by atoms with E-state index < -0.39 is 0 Å². The number of hydrogen-bond donors (Lipinski definition) is 0. The Morgan fingerprint density at radius 2 is 1.82 bits per heavy atom. The van der Waals surface area contributed by atoms with Crippen molar-refractivity contribution in [2.24, 2.45) is 0 Å². The lowest BCUT2D eigenvalue weighted by atomic mass is 10.1. The largest absolute Gasteiger partial charge is 0.375 e. The number of carbonyl (C=O) groups excluding carboxylic acids is 1. The molecule has 3 aromatic rings. The molecule has 1 aliphatic rings. The normalized spacial score (nSPS) is 16.9. The van der Waals surface area contributed by atoms with E-state index in [1.165, 1.54) is 0 Å². The van der Waals surface area contributed by atoms with Gasteiger partial charge in [0.1, 0.15) is 5.69 Å². The second kappa shape index (κ2) is 8.40. The average molecular weight is 375 g/mol. The van der Waals surface area contributed by atoms with Gasteiger partial charge in [-0.2, -0.15) is 5.10 Å². The molecular formula is C23H25N3O2. The highest BCUT2D eigenvalue weighted by molar-refractivity contribution is 5.99. The number of nitrogens with zero attached hydrogens (tertiary/aromatic N) is 3. The summed E-state index contributed by atoms with van der Waals surface area (Å²) < 4.78 is 7.59. The van der Waals surface area contributed by atoms with Gasteiger partial charge in [-0.25, -0.2) is 0 Å². The van der Waals surface area contributed by atoms with Gasteiger partial charge in [-0.05, 0) is 12.0 Å². The standard InChI is InChI=1S/C23H25N3O2/c1-2-20-16-25(13-14-28-20)23(27)21-17-26(15-18-9-5-3-6-10-18)24-22(21)19-11-7-4-8-12-19/h3-12,17,20H,2,13-16H2,1H3/t20-/m0/s1. The van der Waals surface area contributed by atoms with Gasteiger partial charge in [-0.15, -0.1) is 0 Å². The zero-order valence-corrected chi connectivity index (χ0v) is 16.1. The van der Waals surface area contributed by atoms with Gasteiger partial charge in [0.05, 0.1) is 24.8 Å². The maximum atomic E-state index is 13.3. The molecule has 0 radical (unpaired) electrons. The van der Waals surface area contributed by atoms with Crippen LogP contribution in [0.25, 0.3) is 11.3 Å². The van der Waals surface area contributed by atoms with Crippen LogP contribution in [0, 0.1) is 0 Å². The van der Waals surface area contributed by atoms with Crippen LogP contribution in [0.15, 0.2) is 66.9 Å². The Kier molecular flexibility index (Phi) is 5.53. The molecule has 28 heavy (non-hydrogen) atoms. The van der Waals surface area contributed by atoms with Gasteiger partial charge in [0, 0.05) is 24.8 Å². The molecule has 0 unspecified atom stereocenters. The molecule has 1 atom stereocenters. The Balaban J connectivity index is 1.67. The zero-order valence-electron chi connectivity index (χ0n) is 16.1. The van der Waals surface area contributed by atoms with Crippen LogP contribution in [0.5, 0.6) is 0 Å². The van der Waals surface area contributed by atoms with Gasteiger partial charge < -0.3 is 9.64 Å². The molecule has 1 amide bonds. The average Bonchev–Trinajstić information content (AvgIpc) is 3.18. The fourth-order valence-corrected chi connectivity index (χ4v) is 3.56. The highest BCUT2D eigenvalue weighted by Gasteiger charge is 2.27. The monoisotopic (exact) mass is 375 g/mol. The second-order valence-corrected chi connectivity index (χ2v) is 7.09. The third-order valence-electron chi connectivity index (χ3n) is 5.11. The molecule has 1 fully saturated rings. The lowest BCUT2D eigenvalue weighted by molar-refractivity contribution is -0.0226. The van der Waals surface area contributed by atoms with Crippen molar-refractivity contribution < 1.29 is 9.53 Å².